The number of halogens is 2. The molecule has 0 atom stereocenters. The summed E-state index contributed by atoms with van der Waals surface area (Å²) in [4.78, 5) is 42.4. The summed E-state index contributed by atoms with van der Waals surface area (Å²) in [6.07, 6.45) is 5.92. The van der Waals surface area contributed by atoms with Gasteiger partial charge in [0.05, 0.1) is 22.3 Å². The molecule has 1 aromatic carbocycles. The number of fused-ring (bicyclic) bond motifs is 1. The highest BCUT2D eigenvalue weighted by Crippen LogP contribution is 2.24. The summed E-state index contributed by atoms with van der Waals surface area (Å²) in [5.74, 6) is -0.359. The SMILES string of the molecule is O=C(Cn1c(=O)[nH]c(=O)c2c(Cl)cc(Cl)cc21)NCCCn1ccnc1. The summed E-state index contributed by atoms with van der Waals surface area (Å²) in [5, 5.41) is 3.23. The van der Waals surface area contributed by atoms with E-state index in [4.69, 9.17) is 23.2 Å². The van der Waals surface area contributed by atoms with Gasteiger partial charge in [0.25, 0.3) is 5.56 Å². The molecule has 0 aliphatic carbocycles. The number of H-pyrrole nitrogens is 1. The molecular formula is C16H15Cl2N5O3. The van der Waals surface area contributed by atoms with Gasteiger partial charge < -0.3 is 9.88 Å². The summed E-state index contributed by atoms with van der Waals surface area (Å²) >= 11 is 12.0. The average molecular weight is 396 g/mol. The monoisotopic (exact) mass is 395 g/mol. The number of hydrogen-bond acceptors (Lipinski definition) is 4. The number of nitrogens with one attached hydrogen (secondary N) is 2. The maximum atomic E-state index is 12.2. The van der Waals surface area contributed by atoms with Gasteiger partial charge in [0.15, 0.2) is 0 Å². The van der Waals surface area contributed by atoms with Crippen LogP contribution in [0.15, 0.2) is 40.4 Å². The molecule has 2 heterocycles. The van der Waals surface area contributed by atoms with Crippen LogP contribution in [0.5, 0.6) is 0 Å². The molecule has 0 spiro atoms. The van der Waals surface area contributed by atoms with E-state index in [9.17, 15) is 14.4 Å². The van der Waals surface area contributed by atoms with E-state index >= 15 is 0 Å². The van der Waals surface area contributed by atoms with Crippen molar-refractivity contribution in [2.45, 2.75) is 19.5 Å². The first-order valence-corrected chi connectivity index (χ1v) is 8.55. The Morgan fingerprint density at radius 3 is 2.81 bits per heavy atom. The van der Waals surface area contributed by atoms with Gasteiger partial charge in [0.1, 0.15) is 6.54 Å². The Morgan fingerprint density at radius 2 is 2.08 bits per heavy atom. The standard InChI is InChI=1S/C16H15Cl2N5O3/c17-10-6-11(18)14-12(7-10)23(16(26)21-15(14)25)8-13(24)20-2-1-4-22-5-3-19-9-22/h3,5-7,9H,1-2,4,8H2,(H,20,24)(H,21,25,26). The average Bonchev–Trinajstić information content (AvgIpc) is 3.08. The predicted octanol–water partition coefficient (Wildman–Crippen LogP) is 1.40. The molecule has 2 N–H and O–H groups in total. The first kappa shape index (κ1) is 18.2. The Bertz CT molecular complexity index is 1060. The zero-order chi connectivity index (χ0) is 18.7. The molecule has 26 heavy (non-hydrogen) atoms. The number of carbonyl (C=O) groups excluding carboxylic acids is 1. The summed E-state index contributed by atoms with van der Waals surface area (Å²) in [6, 6.07) is 2.84. The van der Waals surface area contributed by atoms with Crippen LogP contribution in [0.25, 0.3) is 10.9 Å². The number of amides is 1. The van der Waals surface area contributed by atoms with Gasteiger partial charge in [-0.3, -0.25) is 19.1 Å². The van der Waals surface area contributed by atoms with E-state index in [1.807, 2.05) is 10.8 Å². The first-order valence-electron chi connectivity index (χ1n) is 7.80. The van der Waals surface area contributed by atoms with Crippen molar-refractivity contribution in [1.29, 1.82) is 0 Å². The second kappa shape index (κ2) is 7.76. The van der Waals surface area contributed by atoms with E-state index in [1.54, 1.807) is 12.5 Å². The quantitative estimate of drug-likeness (QED) is 0.615. The fourth-order valence-corrected chi connectivity index (χ4v) is 3.17. The number of rotatable bonds is 6. The summed E-state index contributed by atoms with van der Waals surface area (Å²) in [5.41, 5.74) is -1.11. The maximum Gasteiger partial charge on any atom is 0.329 e. The molecule has 0 aliphatic rings. The second-order valence-corrected chi connectivity index (χ2v) is 6.47. The smallest absolute Gasteiger partial charge is 0.329 e. The van der Waals surface area contributed by atoms with Crippen molar-refractivity contribution in [1.82, 2.24) is 24.4 Å². The third-order valence-corrected chi connectivity index (χ3v) is 4.31. The number of aromatic nitrogens is 4. The lowest BCUT2D eigenvalue weighted by molar-refractivity contribution is -0.121. The Labute approximate surface area is 157 Å². The van der Waals surface area contributed by atoms with Crippen LogP contribution < -0.4 is 16.6 Å². The summed E-state index contributed by atoms with van der Waals surface area (Å²) < 4.78 is 3.04. The Morgan fingerprint density at radius 1 is 1.27 bits per heavy atom. The minimum Gasteiger partial charge on any atom is -0.354 e. The van der Waals surface area contributed by atoms with E-state index in [1.165, 1.54) is 12.1 Å². The normalized spacial score (nSPS) is 11.0. The molecule has 1 amide bonds. The van der Waals surface area contributed by atoms with Gasteiger partial charge in [0.2, 0.25) is 5.91 Å². The number of aryl methyl sites for hydroxylation is 1. The number of aromatic amines is 1. The van der Waals surface area contributed by atoms with Crippen LogP contribution in [0.4, 0.5) is 0 Å². The minimum absolute atomic E-state index is 0.114. The summed E-state index contributed by atoms with van der Waals surface area (Å²) in [7, 11) is 0. The number of nitrogens with zero attached hydrogens (tertiary/aromatic N) is 3. The van der Waals surface area contributed by atoms with Gasteiger partial charge in [-0.2, -0.15) is 0 Å². The van der Waals surface area contributed by atoms with Crippen molar-refractivity contribution < 1.29 is 4.79 Å². The van der Waals surface area contributed by atoms with Crippen LogP contribution in [-0.4, -0.2) is 31.6 Å². The summed E-state index contributed by atoms with van der Waals surface area (Å²) in [6.45, 7) is 0.898. The number of imidazole rings is 1. The van der Waals surface area contributed by atoms with Gasteiger partial charge in [0, 0.05) is 30.5 Å². The molecule has 10 heteroatoms. The number of hydrogen-bond donors (Lipinski definition) is 2. The fourth-order valence-electron chi connectivity index (χ4n) is 2.60. The van der Waals surface area contributed by atoms with Gasteiger partial charge in [-0.15, -0.1) is 0 Å². The second-order valence-electron chi connectivity index (χ2n) is 5.63. The highest BCUT2D eigenvalue weighted by atomic mass is 35.5. The predicted molar refractivity (Wildman–Crippen MR) is 98.7 cm³/mol. The van der Waals surface area contributed by atoms with Crippen LogP contribution in [0.3, 0.4) is 0 Å². The maximum absolute atomic E-state index is 12.2. The molecule has 3 rings (SSSR count). The van der Waals surface area contributed by atoms with E-state index in [2.05, 4.69) is 15.3 Å². The largest absolute Gasteiger partial charge is 0.354 e. The molecule has 8 nitrogen and oxygen atoms in total. The van der Waals surface area contributed by atoms with Crippen LogP contribution in [0, 0.1) is 0 Å². The molecule has 0 bridgehead atoms. The molecule has 0 radical (unpaired) electrons. The minimum atomic E-state index is -0.700. The lowest BCUT2D eigenvalue weighted by Gasteiger charge is -2.11. The first-order chi connectivity index (χ1) is 12.5. The lowest BCUT2D eigenvalue weighted by Crippen LogP contribution is -2.36. The van der Waals surface area contributed by atoms with Crippen molar-refractivity contribution in [2.75, 3.05) is 6.54 Å². The molecule has 0 saturated heterocycles. The molecule has 2 aromatic heterocycles. The molecular weight excluding hydrogens is 381 g/mol. The molecule has 136 valence electrons. The van der Waals surface area contributed by atoms with Crippen LogP contribution >= 0.6 is 23.2 Å². The van der Waals surface area contributed by atoms with E-state index in [-0.39, 0.29) is 33.4 Å². The molecule has 0 fully saturated rings. The zero-order valence-electron chi connectivity index (χ0n) is 13.5. The van der Waals surface area contributed by atoms with Crippen molar-refractivity contribution in [3.63, 3.8) is 0 Å². The van der Waals surface area contributed by atoms with Crippen LogP contribution in [-0.2, 0) is 17.9 Å². The molecule has 3 aromatic rings. The van der Waals surface area contributed by atoms with E-state index < -0.39 is 11.2 Å². The molecule has 0 aliphatic heterocycles. The topological polar surface area (TPSA) is 102 Å². The number of benzene rings is 1. The molecule has 0 saturated carbocycles. The third-order valence-electron chi connectivity index (χ3n) is 3.79. The van der Waals surface area contributed by atoms with Gasteiger partial charge in [-0.1, -0.05) is 23.2 Å². The van der Waals surface area contributed by atoms with Crippen molar-refractivity contribution in [2.24, 2.45) is 0 Å². The van der Waals surface area contributed by atoms with Crippen molar-refractivity contribution in [3.05, 3.63) is 61.7 Å². The van der Waals surface area contributed by atoms with Gasteiger partial charge in [-0.05, 0) is 18.6 Å². The lowest BCUT2D eigenvalue weighted by atomic mass is 10.2. The van der Waals surface area contributed by atoms with E-state index in [0.717, 1.165) is 4.57 Å². The third kappa shape index (κ3) is 3.97. The zero-order valence-corrected chi connectivity index (χ0v) is 15.0. The van der Waals surface area contributed by atoms with Gasteiger partial charge >= 0.3 is 5.69 Å². The van der Waals surface area contributed by atoms with Gasteiger partial charge in [-0.25, -0.2) is 9.78 Å². The van der Waals surface area contributed by atoms with Crippen LogP contribution in [0.1, 0.15) is 6.42 Å². The number of carbonyl (C=O) groups is 1. The highest BCUT2D eigenvalue weighted by molar-refractivity contribution is 6.38. The highest BCUT2D eigenvalue weighted by Gasteiger charge is 2.14. The Balaban J connectivity index is 1.74. The van der Waals surface area contributed by atoms with Crippen molar-refractivity contribution in [3.8, 4) is 0 Å². The van der Waals surface area contributed by atoms with Crippen molar-refractivity contribution >= 4 is 40.0 Å². The molecule has 0 unspecified atom stereocenters. The van der Waals surface area contributed by atoms with Crippen LogP contribution in [0.2, 0.25) is 10.0 Å². The Kier molecular flexibility index (Phi) is 5.43. The fraction of sp³-hybridized carbons (Fsp3) is 0.250. The Hall–Kier alpha value is -2.58. The van der Waals surface area contributed by atoms with E-state index in [0.29, 0.717) is 19.5 Å².